The number of aryl methyl sites for hydroxylation is 1. The molecule has 1 atom stereocenters. The van der Waals surface area contributed by atoms with Crippen molar-refractivity contribution in [3.8, 4) is 5.69 Å². The van der Waals surface area contributed by atoms with E-state index in [1.165, 1.54) is 13.2 Å². The first-order valence-electron chi connectivity index (χ1n) is 8.55. The summed E-state index contributed by atoms with van der Waals surface area (Å²) in [6.07, 6.45) is 6.34. The van der Waals surface area contributed by atoms with E-state index in [4.69, 9.17) is 4.84 Å². The minimum Gasteiger partial charge on any atom is -0.399 e. The fourth-order valence-corrected chi connectivity index (χ4v) is 4.19. The lowest BCUT2D eigenvalue weighted by atomic mass is 10.2. The summed E-state index contributed by atoms with van der Waals surface area (Å²) in [6, 6.07) is 3.59. The van der Waals surface area contributed by atoms with Crippen LogP contribution in [0.25, 0.3) is 5.69 Å². The molecule has 0 aliphatic heterocycles. The highest BCUT2D eigenvalue weighted by molar-refractivity contribution is 7.93. The van der Waals surface area contributed by atoms with Crippen molar-refractivity contribution < 1.29 is 18.0 Å². The molecule has 0 fully saturated rings. The zero-order valence-corrected chi connectivity index (χ0v) is 16.8. The quantitative estimate of drug-likeness (QED) is 0.387. The third kappa shape index (κ3) is 4.83. The summed E-state index contributed by atoms with van der Waals surface area (Å²) in [6.45, 7) is 6.84. The van der Waals surface area contributed by atoms with Crippen LogP contribution in [0.15, 0.2) is 48.5 Å². The van der Waals surface area contributed by atoms with E-state index in [0.717, 1.165) is 5.69 Å². The van der Waals surface area contributed by atoms with Gasteiger partial charge in [0.05, 0.1) is 35.2 Å². The van der Waals surface area contributed by atoms with Gasteiger partial charge in [-0.25, -0.2) is 13.1 Å². The van der Waals surface area contributed by atoms with E-state index in [1.54, 1.807) is 43.2 Å². The molecule has 0 aromatic carbocycles. The summed E-state index contributed by atoms with van der Waals surface area (Å²) in [5.41, 5.74) is 1.47. The molecular weight excluding hydrogens is 382 g/mol. The molecule has 2 rings (SSSR count). The molecule has 1 amide bonds. The van der Waals surface area contributed by atoms with Gasteiger partial charge >= 0.3 is 0 Å². The van der Waals surface area contributed by atoms with E-state index in [0.29, 0.717) is 11.4 Å². The number of nitrogens with zero attached hydrogens (tertiary/aromatic N) is 4. The molecule has 0 spiro atoms. The van der Waals surface area contributed by atoms with Crippen LogP contribution >= 0.6 is 0 Å². The van der Waals surface area contributed by atoms with E-state index in [1.807, 2.05) is 6.07 Å². The van der Waals surface area contributed by atoms with Crippen molar-refractivity contribution in [1.82, 2.24) is 14.8 Å². The van der Waals surface area contributed by atoms with E-state index < -0.39 is 21.0 Å². The number of pyridine rings is 1. The second-order valence-electron chi connectivity index (χ2n) is 5.91. The van der Waals surface area contributed by atoms with Gasteiger partial charge in [0.2, 0.25) is 0 Å². The average molecular weight is 405 g/mol. The first kappa shape index (κ1) is 21.3. The molecule has 2 heterocycles. The number of oxime groups is 1. The maximum atomic E-state index is 12.8. The fraction of sp³-hybridized carbons (Fsp3) is 0.333. The number of carbonyl (C=O) groups excluding carboxylic acids is 1. The Morgan fingerprint density at radius 3 is 2.82 bits per heavy atom. The maximum Gasteiger partial charge on any atom is 0.274 e. The molecule has 0 saturated heterocycles. The van der Waals surface area contributed by atoms with Crippen molar-refractivity contribution in [3.05, 3.63) is 49.1 Å². The van der Waals surface area contributed by atoms with Crippen molar-refractivity contribution in [2.45, 2.75) is 25.5 Å². The molecule has 0 bridgehead atoms. The Morgan fingerprint density at radius 2 is 2.25 bits per heavy atom. The third-order valence-corrected chi connectivity index (χ3v) is 6.06. The summed E-state index contributed by atoms with van der Waals surface area (Å²) in [5.74, 6) is -0.936. The minimum atomic E-state index is -3.65. The van der Waals surface area contributed by atoms with E-state index in [9.17, 15) is 13.2 Å². The van der Waals surface area contributed by atoms with Gasteiger partial charge in [-0.1, -0.05) is 18.2 Å². The molecule has 0 saturated carbocycles. The maximum absolute atomic E-state index is 12.8. The highest BCUT2D eigenvalue weighted by Gasteiger charge is 2.33. The lowest BCUT2D eigenvalue weighted by Crippen LogP contribution is -2.39. The van der Waals surface area contributed by atoms with Crippen molar-refractivity contribution in [3.63, 3.8) is 0 Å². The summed E-state index contributed by atoms with van der Waals surface area (Å²) >= 11 is 0. The third-order valence-electron chi connectivity index (χ3n) is 3.94. The lowest BCUT2D eigenvalue weighted by Gasteiger charge is -2.16. The number of hydrogen-bond acceptors (Lipinski definition) is 7. The SMILES string of the molecule is C=CCS(=O)(=O)C(CC)C(=NOC)C(=O)Nc1cn(-c2cccnc2)nc1C. The molecule has 2 aromatic heterocycles. The standard InChI is InChI=1S/C18H23N5O4S/c1-5-10-28(25,26)16(6-2)17(22-27-4)18(24)20-15-12-23(21-13(15)3)14-8-7-9-19-11-14/h5,7-9,11-12,16H,1,6,10H2,2-4H3,(H,20,24). The Balaban J connectivity index is 2.32. The van der Waals surface area contributed by atoms with Crippen LogP contribution in [0, 0.1) is 6.92 Å². The number of sulfone groups is 1. The lowest BCUT2D eigenvalue weighted by molar-refractivity contribution is -0.110. The number of amides is 1. The van der Waals surface area contributed by atoms with Crippen LogP contribution in [0.2, 0.25) is 0 Å². The van der Waals surface area contributed by atoms with E-state index in [2.05, 4.69) is 27.1 Å². The molecule has 28 heavy (non-hydrogen) atoms. The number of carbonyl (C=O) groups is 1. The Morgan fingerprint density at radius 1 is 1.50 bits per heavy atom. The molecule has 10 heteroatoms. The van der Waals surface area contributed by atoms with Crippen molar-refractivity contribution in [2.24, 2.45) is 5.16 Å². The van der Waals surface area contributed by atoms with Crippen molar-refractivity contribution >= 4 is 27.1 Å². The zero-order chi connectivity index (χ0) is 20.7. The van der Waals surface area contributed by atoms with Gasteiger partial charge in [0.15, 0.2) is 15.5 Å². The second kappa shape index (κ2) is 9.27. The minimum absolute atomic E-state index is 0.166. The molecule has 150 valence electrons. The van der Waals surface area contributed by atoms with Crippen LogP contribution < -0.4 is 5.32 Å². The highest BCUT2D eigenvalue weighted by atomic mass is 32.2. The zero-order valence-electron chi connectivity index (χ0n) is 16.0. The number of hydrogen-bond donors (Lipinski definition) is 1. The molecule has 1 unspecified atom stereocenters. The summed E-state index contributed by atoms with van der Waals surface area (Å²) in [5, 5.41) is 9.59. The largest absolute Gasteiger partial charge is 0.399 e. The highest BCUT2D eigenvalue weighted by Crippen LogP contribution is 2.18. The Hall–Kier alpha value is -3.01. The Labute approximate surface area is 164 Å². The molecule has 0 aliphatic rings. The predicted octanol–water partition coefficient (Wildman–Crippen LogP) is 1.90. The van der Waals surface area contributed by atoms with Crippen LogP contribution in [0.3, 0.4) is 0 Å². The summed E-state index contributed by atoms with van der Waals surface area (Å²) in [7, 11) is -2.39. The van der Waals surface area contributed by atoms with Gasteiger partial charge in [0, 0.05) is 6.20 Å². The van der Waals surface area contributed by atoms with Gasteiger partial charge < -0.3 is 10.2 Å². The molecular formula is C18H23N5O4S. The molecule has 1 N–H and O–H groups in total. The van der Waals surface area contributed by atoms with Crippen molar-refractivity contribution in [2.75, 3.05) is 18.2 Å². The van der Waals surface area contributed by atoms with Gasteiger partial charge in [-0.2, -0.15) is 5.10 Å². The molecule has 2 aromatic rings. The number of rotatable bonds is 9. The normalized spacial score (nSPS) is 13.0. The van der Waals surface area contributed by atoms with E-state index in [-0.39, 0.29) is 17.9 Å². The first-order chi connectivity index (χ1) is 13.3. The molecule has 0 radical (unpaired) electrons. The second-order valence-corrected chi connectivity index (χ2v) is 8.14. The first-order valence-corrected chi connectivity index (χ1v) is 10.3. The number of nitrogens with one attached hydrogen (secondary N) is 1. The molecule has 9 nitrogen and oxygen atoms in total. The topological polar surface area (TPSA) is 116 Å². The fourth-order valence-electron chi connectivity index (χ4n) is 2.63. The molecule has 0 aliphatic carbocycles. The van der Waals surface area contributed by atoms with Gasteiger partial charge in [0.1, 0.15) is 12.4 Å². The summed E-state index contributed by atoms with van der Waals surface area (Å²) in [4.78, 5) is 21.6. The van der Waals surface area contributed by atoms with Crippen LogP contribution in [0.4, 0.5) is 5.69 Å². The Kier molecular flexibility index (Phi) is 7.05. The predicted molar refractivity (Wildman–Crippen MR) is 107 cm³/mol. The van der Waals surface area contributed by atoms with Crippen LogP contribution in [-0.4, -0.2) is 52.9 Å². The Bertz CT molecular complexity index is 967. The van der Waals surface area contributed by atoms with Crippen LogP contribution in [0.5, 0.6) is 0 Å². The van der Waals surface area contributed by atoms with Crippen LogP contribution in [0.1, 0.15) is 19.0 Å². The number of anilines is 1. The summed E-state index contributed by atoms with van der Waals surface area (Å²) < 4.78 is 26.5. The van der Waals surface area contributed by atoms with Gasteiger partial charge in [-0.15, -0.1) is 6.58 Å². The smallest absolute Gasteiger partial charge is 0.274 e. The number of aromatic nitrogens is 3. The monoisotopic (exact) mass is 405 g/mol. The average Bonchev–Trinajstić information content (AvgIpc) is 3.02. The van der Waals surface area contributed by atoms with E-state index >= 15 is 0 Å². The van der Waals surface area contributed by atoms with Gasteiger partial charge in [-0.05, 0) is 25.5 Å². The van der Waals surface area contributed by atoms with Crippen molar-refractivity contribution in [1.29, 1.82) is 0 Å². The van der Waals surface area contributed by atoms with Gasteiger partial charge in [0.25, 0.3) is 5.91 Å². The van der Waals surface area contributed by atoms with Gasteiger partial charge in [-0.3, -0.25) is 9.78 Å². The van der Waals surface area contributed by atoms with Crippen LogP contribution in [-0.2, 0) is 19.5 Å².